The minimum absolute atomic E-state index is 0.588. The molecule has 2 unspecified atom stereocenters. The van der Waals surface area contributed by atoms with Crippen LogP contribution in [-0.4, -0.2) is 11.5 Å². The lowest BCUT2D eigenvalue weighted by Gasteiger charge is -2.28. The van der Waals surface area contributed by atoms with E-state index in [4.69, 9.17) is 0 Å². The van der Waals surface area contributed by atoms with Gasteiger partial charge in [0.2, 0.25) is 0 Å². The van der Waals surface area contributed by atoms with E-state index in [9.17, 15) is 0 Å². The minimum atomic E-state index is 0.588. The monoisotopic (exact) mass is 186 g/mol. The fourth-order valence-electron chi connectivity index (χ4n) is 2.63. The van der Waals surface area contributed by atoms with Crippen molar-refractivity contribution in [2.45, 2.75) is 46.3 Å². The van der Waals surface area contributed by atoms with Crippen LogP contribution in [0.2, 0.25) is 0 Å². The maximum Gasteiger partial charge on any atom is 0.0126 e. The number of thioether (sulfide) groups is 1. The van der Waals surface area contributed by atoms with Crippen LogP contribution in [0.5, 0.6) is 0 Å². The number of hydrogen-bond acceptors (Lipinski definition) is 1. The van der Waals surface area contributed by atoms with Crippen molar-refractivity contribution in [2.24, 2.45) is 16.7 Å². The molecule has 1 rings (SSSR count). The van der Waals surface area contributed by atoms with Gasteiger partial charge in [0.05, 0.1) is 0 Å². The Hall–Kier alpha value is 0.350. The van der Waals surface area contributed by atoms with Crippen molar-refractivity contribution in [3.63, 3.8) is 0 Å². The molecule has 0 radical (unpaired) electrons. The normalized spacial score (nSPS) is 35.2. The Bertz CT molecular complexity index is 172. The second kappa shape index (κ2) is 2.94. The third-order valence-corrected chi connectivity index (χ3v) is 5.29. The molecule has 0 aromatic carbocycles. The minimum Gasteiger partial charge on any atom is -0.161 e. The lowest BCUT2D eigenvalue weighted by molar-refractivity contribution is 0.353. The predicted molar refractivity (Wildman–Crippen MR) is 58.6 cm³/mol. The van der Waals surface area contributed by atoms with Crippen molar-refractivity contribution in [3.8, 4) is 0 Å². The highest BCUT2D eigenvalue weighted by Crippen LogP contribution is 2.68. The Morgan fingerprint density at radius 2 is 1.58 bits per heavy atom. The van der Waals surface area contributed by atoms with E-state index in [1.54, 1.807) is 0 Å². The zero-order valence-electron chi connectivity index (χ0n) is 9.27. The van der Waals surface area contributed by atoms with Crippen LogP contribution >= 0.6 is 11.8 Å². The number of rotatable bonds is 3. The first-order chi connectivity index (χ1) is 5.35. The molecule has 0 aromatic heterocycles. The molecule has 0 saturated heterocycles. The van der Waals surface area contributed by atoms with Gasteiger partial charge in [0.1, 0.15) is 0 Å². The van der Waals surface area contributed by atoms with Gasteiger partial charge in [-0.05, 0) is 29.4 Å². The van der Waals surface area contributed by atoms with E-state index < -0.39 is 0 Å². The second-order valence-corrected chi connectivity index (χ2v) is 6.36. The van der Waals surface area contributed by atoms with E-state index in [2.05, 4.69) is 40.9 Å². The summed E-state index contributed by atoms with van der Waals surface area (Å²) in [7, 11) is 0. The summed E-state index contributed by atoms with van der Waals surface area (Å²) in [6, 6.07) is 0. The lowest BCUT2D eigenvalue weighted by atomic mass is 9.88. The van der Waals surface area contributed by atoms with E-state index >= 15 is 0 Å². The highest BCUT2D eigenvalue weighted by molar-refractivity contribution is 7.99. The van der Waals surface area contributed by atoms with Crippen LogP contribution in [0.15, 0.2) is 0 Å². The predicted octanol–water partition coefficient (Wildman–Crippen LogP) is 3.81. The molecule has 72 valence electrons. The van der Waals surface area contributed by atoms with Gasteiger partial charge in [0.15, 0.2) is 0 Å². The Labute approximate surface area is 81.5 Å². The van der Waals surface area contributed by atoms with Crippen molar-refractivity contribution < 1.29 is 0 Å². The summed E-state index contributed by atoms with van der Waals surface area (Å²) in [4.78, 5) is 0. The zero-order valence-corrected chi connectivity index (χ0v) is 10.1. The van der Waals surface area contributed by atoms with Crippen LogP contribution in [0.3, 0.4) is 0 Å². The maximum atomic E-state index is 2.45. The standard InChI is InChI=1S/C11H22S/c1-8(2)9(12-6)11(5)7-10(11,3)4/h8-9H,7H2,1-6H3. The molecule has 0 nitrogen and oxygen atoms in total. The van der Waals surface area contributed by atoms with Gasteiger partial charge >= 0.3 is 0 Å². The summed E-state index contributed by atoms with van der Waals surface area (Å²) in [6.45, 7) is 12.0. The summed E-state index contributed by atoms with van der Waals surface area (Å²) < 4.78 is 0. The Kier molecular flexibility index (Phi) is 2.55. The fraction of sp³-hybridized carbons (Fsp3) is 1.00. The first-order valence-corrected chi connectivity index (χ1v) is 6.17. The van der Waals surface area contributed by atoms with Crippen molar-refractivity contribution in [1.29, 1.82) is 0 Å². The SMILES string of the molecule is CSC(C(C)C)C1(C)CC1(C)C. The van der Waals surface area contributed by atoms with Gasteiger partial charge < -0.3 is 0 Å². The molecule has 0 heterocycles. The average Bonchev–Trinajstić information content (AvgIpc) is 2.32. The van der Waals surface area contributed by atoms with Gasteiger partial charge in [-0.25, -0.2) is 0 Å². The molecule has 1 saturated carbocycles. The quantitative estimate of drug-likeness (QED) is 0.646. The Balaban J connectivity index is 2.69. The van der Waals surface area contributed by atoms with Crippen molar-refractivity contribution in [3.05, 3.63) is 0 Å². The highest BCUT2D eigenvalue weighted by atomic mass is 32.2. The smallest absolute Gasteiger partial charge is 0.0126 e. The molecule has 2 atom stereocenters. The van der Waals surface area contributed by atoms with Crippen molar-refractivity contribution >= 4 is 11.8 Å². The highest BCUT2D eigenvalue weighted by Gasteiger charge is 2.61. The van der Waals surface area contributed by atoms with Crippen LogP contribution in [-0.2, 0) is 0 Å². The summed E-state index contributed by atoms with van der Waals surface area (Å²) in [5, 5.41) is 0.840. The number of hydrogen-bond donors (Lipinski definition) is 0. The van der Waals surface area contributed by atoms with Gasteiger partial charge in [0.25, 0.3) is 0 Å². The molecule has 0 bridgehead atoms. The topological polar surface area (TPSA) is 0 Å². The first-order valence-electron chi connectivity index (χ1n) is 4.88. The molecular formula is C11H22S. The first kappa shape index (κ1) is 10.4. The summed E-state index contributed by atoms with van der Waals surface area (Å²) in [5.74, 6) is 0.812. The van der Waals surface area contributed by atoms with Crippen molar-refractivity contribution in [2.75, 3.05) is 6.26 Å². The third kappa shape index (κ3) is 1.41. The van der Waals surface area contributed by atoms with E-state index in [0.29, 0.717) is 10.8 Å². The van der Waals surface area contributed by atoms with Crippen molar-refractivity contribution in [1.82, 2.24) is 0 Å². The van der Waals surface area contributed by atoms with Gasteiger partial charge in [-0.2, -0.15) is 11.8 Å². The molecule has 12 heavy (non-hydrogen) atoms. The van der Waals surface area contributed by atoms with Crippen LogP contribution in [0, 0.1) is 16.7 Å². The molecule has 1 heteroatoms. The van der Waals surface area contributed by atoms with E-state index in [0.717, 1.165) is 11.2 Å². The van der Waals surface area contributed by atoms with Crippen LogP contribution in [0.25, 0.3) is 0 Å². The van der Waals surface area contributed by atoms with Gasteiger partial charge in [-0.1, -0.05) is 34.6 Å². The van der Waals surface area contributed by atoms with E-state index in [-0.39, 0.29) is 0 Å². The van der Waals surface area contributed by atoms with Crippen LogP contribution in [0.4, 0.5) is 0 Å². The van der Waals surface area contributed by atoms with E-state index in [1.165, 1.54) is 6.42 Å². The molecule has 0 spiro atoms. The van der Waals surface area contributed by atoms with Gasteiger partial charge in [-0.3, -0.25) is 0 Å². The summed E-state index contributed by atoms with van der Waals surface area (Å²) in [6.07, 6.45) is 3.66. The lowest BCUT2D eigenvalue weighted by Crippen LogP contribution is -2.25. The molecule has 0 N–H and O–H groups in total. The maximum absolute atomic E-state index is 2.45. The molecular weight excluding hydrogens is 164 g/mol. The summed E-state index contributed by atoms with van der Waals surface area (Å²) >= 11 is 2.05. The van der Waals surface area contributed by atoms with E-state index in [1.807, 2.05) is 11.8 Å². The molecule has 0 aliphatic heterocycles. The Morgan fingerprint density at radius 3 is 1.67 bits per heavy atom. The second-order valence-electron chi connectivity index (χ2n) is 5.38. The van der Waals surface area contributed by atoms with Crippen LogP contribution < -0.4 is 0 Å². The van der Waals surface area contributed by atoms with Crippen LogP contribution in [0.1, 0.15) is 41.0 Å². The van der Waals surface area contributed by atoms with Gasteiger partial charge in [-0.15, -0.1) is 0 Å². The Morgan fingerprint density at radius 1 is 1.17 bits per heavy atom. The molecule has 0 amide bonds. The largest absolute Gasteiger partial charge is 0.161 e. The zero-order chi connectivity index (χ0) is 9.57. The fourth-order valence-corrected chi connectivity index (χ4v) is 4.09. The molecule has 1 fully saturated rings. The summed E-state index contributed by atoms with van der Waals surface area (Å²) in [5.41, 5.74) is 1.19. The molecule has 1 aliphatic carbocycles. The molecule has 0 aromatic rings. The third-order valence-electron chi connectivity index (χ3n) is 3.72. The van der Waals surface area contributed by atoms with Gasteiger partial charge in [0, 0.05) is 5.25 Å². The molecule has 1 aliphatic rings. The average molecular weight is 186 g/mol.